The van der Waals surface area contributed by atoms with Crippen molar-refractivity contribution >= 4 is 0 Å². The zero-order valence-corrected chi connectivity index (χ0v) is 8.79. The molecule has 1 fully saturated rings. The molecule has 0 heterocycles. The first-order chi connectivity index (χ1) is 6.86. The lowest BCUT2D eigenvalue weighted by Crippen LogP contribution is -2.40. The van der Waals surface area contributed by atoms with Crippen LogP contribution in [0.3, 0.4) is 0 Å². The second-order valence-corrected chi connectivity index (χ2v) is 3.82. The average molecular weight is 191 g/mol. The summed E-state index contributed by atoms with van der Waals surface area (Å²) in [6, 6.07) is 8.96. The third-order valence-corrected chi connectivity index (χ3v) is 3.18. The minimum Gasteiger partial charge on any atom is -0.496 e. The molecule has 0 aliphatic heterocycles. The van der Waals surface area contributed by atoms with Crippen molar-refractivity contribution in [2.24, 2.45) is 0 Å². The van der Waals surface area contributed by atoms with E-state index in [-0.39, 0.29) is 0 Å². The number of likely N-dealkylation sites (N-methyl/N-ethyl adjacent to an activating group) is 1. The third kappa shape index (κ3) is 1.50. The van der Waals surface area contributed by atoms with Crippen LogP contribution in [0.5, 0.6) is 5.75 Å². The molecule has 1 aliphatic rings. The van der Waals surface area contributed by atoms with Gasteiger partial charge in [0.15, 0.2) is 0 Å². The van der Waals surface area contributed by atoms with E-state index in [0.29, 0.717) is 12.0 Å². The summed E-state index contributed by atoms with van der Waals surface area (Å²) in [5.74, 6) is 1.66. The number of para-hydroxylation sites is 1. The maximum Gasteiger partial charge on any atom is 0.122 e. The van der Waals surface area contributed by atoms with Crippen molar-refractivity contribution in [2.45, 2.75) is 24.8 Å². The predicted molar refractivity (Wildman–Crippen MR) is 57.8 cm³/mol. The maximum atomic E-state index is 5.37. The second kappa shape index (κ2) is 4.01. The Morgan fingerprint density at radius 1 is 1.29 bits per heavy atom. The van der Waals surface area contributed by atoms with E-state index in [2.05, 4.69) is 17.4 Å². The van der Waals surface area contributed by atoms with Crippen molar-refractivity contribution in [3.63, 3.8) is 0 Å². The Balaban J connectivity index is 2.22. The maximum absolute atomic E-state index is 5.37. The zero-order valence-electron chi connectivity index (χ0n) is 8.79. The Bertz CT molecular complexity index is 309. The van der Waals surface area contributed by atoms with Gasteiger partial charge in [-0.05, 0) is 31.5 Å². The van der Waals surface area contributed by atoms with Crippen molar-refractivity contribution in [2.75, 3.05) is 14.2 Å². The molecule has 1 aliphatic carbocycles. The Labute approximate surface area is 85.3 Å². The molecular weight excluding hydrogens is 174 g/mol. The topological polar surface area (TPSA) is 21.3 Å². The number of methoxy groups -OCH3 is 1. The van der Waals surface area contributed by atoms with Gasteiger partial charge in [-0.15, -0.1) is 0 Å². The van der Waals surface area contributed by atoms with Crippen molar-refractivity contribution in [3.8, 4) is 5.75 Å². The van der Waals surface area contributed by atoms with Crippen LogP contribution in [0.2, 0.25) is 0 Å². The van der Waals surface area contributed by atoms with Gasteiger partial charge in [-0.2, -0.15) is 0 Å². The molecule has 76 valence electrons. The number of hydrogen-bond acceptors (Lipinski definition) is 2. The lowest BCUT2D eigenvalue weighted by Gasteiger charge is -2.37. The largest absolute Gasteiger partial charge is 0.496 e. The van der Waals surface area contributed by atoms with Gasteiger partial charge in [0.1, 0.15) is 5.75 Å². The molecular formula is C12H17NO. The highest BCUT2D eigenvalue weighted by Gasteiger charge is 2.32. The summed E-state index contributed by atoms with van der Waals surface area (Å²) in [5.41, 5.74) is 1.35. The minimum atomic E-state index is 0.631. The van der Waals surface area contributed by atoms with E-state index in [1.54, 1.807) is 7.11 Å². The molecule has 2 nitrogen and oxygen atoms in total. The molecule has 0 saturated heterocycles. The lowest BCUT2D eigenvalue weighted by atomic mass is 9.75. The highest BCUT2D eigenvalue weighted by molar-refractivity contribution is 5.38. The van der Waals surface area contributed by atoms with Gasteiger partial charge in [-0.25, -0.2) is 0 Å². The van der Waals surface area contributed by atoms with E-state index in [0.717, 1.165) is 5.75 Å². The minimum absolute atomic E-state index is 0.631. The van der Waals surface area contributed by atoms with Crippen LogP contribution in [-0.2, 0) is 0 Å². The first kappa shape index (κ1) is 9.53. The van der Waals surface area contributed by atoms with Gasteiger partial charge in [0.05, 0.1) is 7.11 Å². The molecule has 1 saturated carbocycles. The summed E-state index contributed by atoms with van der Waals surface area (Å²) < 4.78 is 5.37. The molecule has 0 spiro atoms. The normalized spacial score (nSPS) is 25.6. The van der Waals surface area contributed by atoms with E-state index >= 15 is 0 Å². The van der Waals surface area contributed by atoms with Gasteiger partial charge in [0.2, 0.25) is 0 Å². The Morgan fingerprint density at radius 3 is 2.64 bits per heavy atom. The smallest absolute Gasteiger partial charge is 0.122 e. The third-order valence-electron chi connectivity index (χ3n) is 3.18. The van der Waals surface area contributed by atoms with Crippen LogP contribution in [0.4, 0.5) is 0 Å². The Morgan fingerprint density at radius 2 is 2.07 bits per heavy atom. The standard InChI is InChI=1S/C12H17NO/c1-13-11-8-7-9(11)10-5-3-4-6-12(10)14-2/h3-6,9,11,13H,7-8H2,1-2H3. The molecule has 1 N–H and O–H groups in total. The first-order valence-electron chi connectivity index (χ1n) is 5.17. The average Bonchev–Trinajstić information content (AvgIpc) is 2.18. The predicted octanol–water partition coefficient (Wildman–Crippen LogP) is 2.16. The summed E-state index contributed by atoms with van der Waals surface area (Å²) in [5, 5.41) is 3.35. The van der Waals surface area contributed by atoms with Crippen LogP contribution >= 0.6 is 0 Å². The van der Waals surface area contributed by atoms with Crippen LogP contribution in [-0.4, -0.2) is 20.2 Å². The summed E-state index contributed by atoms with van der Waals surface area (Å²) in [4.78, 5) is 0. The summed E-state index contributed by atoms with van der Waals surface area (Å²) in [7, 11) is 3.78. The molecule has 2 unspecified atom stereocenters. The van der Waals surface area contributed by atoms with Gasteiger partial charge < -0.3 is 10.1 Å². The highest BCUT2D eigenvalue weighted by atomic mass is 16.5. The number of benzene rings is 1. The molecule has 2 rings (SSSR count). The number of ether oxygens (including phenoxy) is 1. The molecule has 0 radical (unpaired) electrons. The molecule has 0 bridgehead atoms. The van der Waals surface area contributed by atoms with Crippen LogP contribution in [0, 0.1) is 0 Å². The molecule has 0 aromatic heterocycles. The van der Waals surface area contributed by atoms with E-state index in [1.165, 1.54) is 18.4 Å². The van der Waals surface area contributed by atoms with E-state index in [1.807, 2.05) is 19.2 Å². The molecule has 14 heavy (non-hydrogen) atoms. The van der Waals surface area contributed by atoms with E-state index in [9.17, 15) is 0 Å². The summed E-state index contributed by atoms with van der Waals surface area (Å²) in [6.45, 7) is 0. The molecule has 0 amide bonds. The van der Waals surface area contributed by atoms with Crippen LogP contribution in [0.15, 0.2) is 24.3 Å². The van der Waals surface area contributed by atoms with Gasteiger partial charge in [0.25, 0.3) is 0 Å². The monoisotopic (exact) mass is 191 g/mol. The molecule has 2 atom stereocenters. The van der Waals surface area contributed by atoms with Crippen molar-refractivity contribution < 1.29 is 4.74 Å². The van der Waals surface area contributed by atoms with E-state index < -0.39 is 0 Å². The zero-order chi connectivity index (χ0) is 9.97. The van der Waals surface area contributed by atoms with Crippen LogP contribution in [0.1, 0.15) is 24.3 Å². The van der Waals surface area contributed by atoms with Crippen LogP contribution in [0.25, 0.3) is 0 Å². The Kier molecular flexibility index (Phi) is 2.73. The highest BCUT2D eigenvalue weighted by Crippen LogP contribution is 2.40. The summed E-state index contributed by atoms with van der Waals surface area (Å²) >= 11 is 0. The van der Waals surface area contributed by atoms with E-state index in [4.69, 9.17) is 4.74 Å². The molecule has 1 aromatic carbocycles. The lowest BCUT2D eigenvalue weighted by molar-refractivity contribution is 0.290. The van der Waals surface area contributed by atoms with Gasteiger partial charge in [-0.1, -0.05) is 18.2 Å². The van der Waals surface area contributed by atoms with Crippen molar-refractivity contribution in [1.82, 2.24) is 5.32 Å². The quantitative estimate of drug-likeness (QED) is 0.790. The Hall–Kier alpha value is -1.02. The number of hydrogen-bond donors (Lipinski definition) is 1. The fourth-order valence-corrected chi connectivity index (χ4v) is 2.19. The molecule has 2 heteroatoms. The van der Waals surface area contributed by atoms with Crippen LogP contribution < -0.4 is 10.1 Å². The number of nitrogens with one attached hydrogen (secondary N) is 1. The van der Waals surface area contributed by atoms with Gasteiger partial charge >= 0.3 is 0 Å². The second-order valence-electron chi connectivity index (χ2n) is 3.82. The van der Waals surface area contributed by atoms with Gasteiger partial charge in [-0.3, -0.25) is 0 Å². The fourth-order valence-electron chi connectivity index (χ4n) is 2.19. The SMILES string of the molecule is CNC1CCC1c1ccccc1OC. The van der Waals surface area contributed by atoms with Crippen molar-refractivity contribution in [1.29, 1.82) is 0 Å². The molecule has 1 aromatic rings. The first-order valence-corrected chi connectivity index (χ1v) is 5.17. The van der Waals surface area contributed by atoms with Gasteiger partial charge in [0, 0.05) is 12.0 Å². The number of rotatable bonds is 3. The fraction of sp³-hybridized carbons (Fsp3) is 0.500. The summed E-state index contributed by atoms with van der Waals surface area (Å²) in [6.07, 6.45) is 2.55. The van der Waals surface area contributed by atoms with Crippen molar-refractivity contribution in [3.05, 3.63) is 29.8 Å².